The molecule has 0 bridgehead atoms. The number of nitrogens with zero attached hydrogens (tertiary/aromatic N) is 2. The van der Waals surface area contributed by atoms with Crippen molar-refractivity contribution in [1.29, 1.82) is 0 Å². The summed E-state index contributed by atoms with van der Waals surface area (Å²) in [4.78, 5) is 0.0516. The molecule has 4 rings (SSSR count). The number of aromatic nitrogens is 2. The summed E-state index contributed by atoms with van der Waals surface area (Å²) in [5.74, 6) is 0.932. The topological polar surface area (TPSA) is 87.2 Å². The highest BCUT2D eigenvalue weighted by Gasteiger charge is 2.20. The molecule has 0 radical (unpaired) electrons. The molecule has 0 saturated carbocycles. The fourth-order valence-electron chi connectivity index (χ4n) is 3.44. The monoisotopic (exact) mass is 455 g/mol. The largest absolute Gasteiger partial charge is 0.497 e. The molecule has 0 saturated heterocycles. The van der Waals surface area contributed by atoms with Crippen molar-refractivity contribution >= 4 is 27.2 Å². The first kappa shape index (κ1) is 21.4. The van der Waals surface area contributed by atoms with Crippen LogP contribution in [0.4, 0.5) is 0 Å². The highest BCUT2D eigenvalue weighted by molar-refractivity contribution is 7.89. The fourth-order valence-corrected chi connectivity index (χ4v) is 4.10. The Balaban J connectivity index is 1.83. The summed E-state index contributed by atoms with van der Waals surface area (Å²) in [7, 11) is -2.14. The zero-order chi connectivity index (χ0) is 22.2. The van der Waals surface area contributed by atoms with Gasteiger partial charge in [-0.05, 0) is 66.1 Å². The van der Waals surface area contributed by atoms with Crippen LogP contribution in [0.1, 0.15) is 12.6 Å². The van der Waals surface area contributed by atoms with Crippen molar-refractivity contribution in [2.45, 2.75) is 17.2 Å². The molecule has 0 fully saturated rings. The number of hydrogen-bond donors (Lipinski definition) is 1. The van der Waals surface area contributed by atoms with Gasteiger partial charge in [0.2, 0.25) is 10.0 Å². The molecule has 1 heterocycles. The molecule has 0 amide bonds. The summed E-state index contributed by atoms with van der Waals surface area (Å²) in [5, 5.41) is 9.98. The van der Waals surface area contributed by atoms with Crippen LogP contribution in [-0.2, 0) is 10.0 Å². The summed E-state index contributed by atoms with van der Waals surface area (Å²) in [6, 6.07) is 16.0. The number of rotatable bonds is 5. The molecular formula is C23H22ClN3O3S. The van der Waals surface area contributed by atoms with Gasteiger partial charge >= 0.3 is 0 Å². The van der Waals surface area contributed by atoms with Crippen molar-refractivity contribution < 1.29 is 13.2 Å². The number of allylic oxidation sites excluding steroid dienone is 4. The van der Waals surface area contributed by atoms with Crippen LogP contribution in [0.2, 0.25) is 0 Å². The maximum Gasteiger partial charge on any atom is 0.238 e. The zero-order valence-corrected chi connectivity index (χ0v) is 18.6. The second-order valence-electron chi connectivity index (χ2n) is 7.38. The summed E-state index contributed by atoms with van der Waals surface area (Å²) in [6.45, 7) is 2.06. The Kier molecular flexibility index (Phi) is 5.75. The predicted molar refractivity (Wildman–Crippen MR) is 123 cm³/mol. The van der Waals surface area contributed by atoms with E-state index in [0.29, 0.717) is 0 Å². The van der Waals surface area contributed by atoms with Gasteiger partial charge in [0.1, 0.15) is 5.75 Å². The second-order valence-corrected chi connectivity index (χ2v) is 9.44. The van der Waals surface area contributed by atoms with Crippen molar-refractivity contribution in [3.63, 3.8) is 0 Å². The average Bonchev–Trinajstić information content (AvgIpc) is 3.21. The van der Waals surface area contributed by atoms with Gasteiger partial charge in [0.25, 0.3) is 0 Å². The van der Waals surface area contributed by atoms with Gasteiger partial charge in [0.05, 0.1) is 34.5 Å². The number of nitrogens with two attached hydrogens (primary N) is 1. The summed E-state index contributed by atoms with van der Waals surface area (Å²) >= 11 is 6.33. The SMILES string of the molecule is COc1ccc(-c2cc(C3=CC(C)C(Cl)C=C3)n(-c3ccc(S(N)(=O)=O)cc3)n2)cc1. The van der Waals surface area contributed by atoms with Crippen molar-refractivity contribution in [3.8, 4) is 22.7 Å². The number of alkyl halides is 1. The van der Waals surface area contributed by atoms with E-state index in [0.717, 1.165) is 34.0 Å². The molecule has 1 aliphatic rings. The Morgan fingerprint density at radius 1 is 1.10 bits per heavy atom. The van der Waals surface area contributed by atoms with Gasteiger partial charge < -0.3 is 4.74 Å². The number of methoxy groups -OCH3 is 1. The van der Waals surface area contributed by atoms with Crippen LogP contribution >= 0.6 is 11.6 Å². The summed E-state index contributed by atoms with van der Waals surface area (Å²) < 4.78 is 30.3. The normalized spacial score (nSPS) is 18.6. The van der Waals surface area contributed by atoms with Crippen molar-refractivity contribution in [2.24, 2.45) is 11.1 Å². The molecule has 2 N–H and O–H groups in total. The van der Waals surface area contributed by atoms with Crippen LogP contribution < -0.4 is 9.88 Å². The Morgan fingerprint density at radius 3 is 2.35 bits per heavy atom. The maximum absolute atomic E-state index is 11.6. The summed E-state index contributed by atoms with van der Waals surface area (Å²) in [6.07, 6.45) is 6.07. The van der Waals surface area contributed by atoms with E-state index in [9.17, 15) is 8.42 Å². The molecule has 0 aliphatic heterocycles. The Morgan fingerprint density at radius 2 is 1.77 bits per heavy atom. The van der Waals surface area contributed by atoms with E-state index in [4.69, 9.17) is 26.6 Å². The minimum Gasteiger partial charge on any atom is -0.497 e. The average molecular weight is 456 g/mol. The molecule has 8 heteroatoms. The molecule has 160 valence electrons. The predicted octanol–water partition coefficient (Wildman–Crippen LogP) is 4.39. The first-order chi connectivity index (χ1) is 14.8. The molecule has 0 spiro atoms. The van der Waals surface area contributed by atoms with Gasteiger partial charge in [0.15, 0.2) is 0 Å². The van der Waals surface area contributed by atoms with Crippen LogP contribution in [0.5, 0.6) is 5.75 Å². The molecule has 1 aliphatic carbocycles. The van der Waals surface area contributed by atoms with E-state index in [1.54, 1.807) is 23.9 Å². The number of halogens is 1. The standard InChI is InChI=1S/C23H22ClN3O3S/c1-15-13-17(5-12-21(15)24)23-14-22(16-3-8-19(30-2)9-4-16)26-27(23)18-6-10-20(11-7-18)31(25,28)29/h3-15,21H,1-2H3,(H2,25,28,29). The van der Waals surface area contributed by atoms with E-state index in [2.05, 4.69) is 13.0 Å². The second kappa shape index (κ2) is 8.34. The lowest BCUT2D eigenvalue weighted by atomic mass is 9.95. The number of benzene rings is 2. The minimum atomic E-state index is -3.77. The number of primary sulfonamides is 1. The Bertz CT molecular complexity index is 1260. The number of hydrogen-bond acceptors (Lipinski definition) is 4. The minimum absolute atomic E-state index is 0.0516. The molecule has 2 aromatic carbocycles. The lowest BCUT2D eigenvalue weighted by Crippen LogP contribution is -2.13. The summed E-state index contributed by atoms with van der Waals surface area (Å²) in [5.41, 5.74) is 4.30. The maximum atomic E-state index is 11.6. The molecule has 3 aromatic rings. The third kappa shape index (κ3) is 4.44. The highest BCUT2D eigenvalue weighted by Crippen LogP contribution is 2.32. The first-order valence-electron chi connectivity index (χ1n) is 9.68. The number of sulfonamides is 1. The van der Waals surface area contributed by atoms with E-state index < -0.39 is 10.0 Å². The van der Waals surface area contributed by atoms with E-state index in [-0.39, 0.29) is 16.2 Å². The van der Waals surface area contributed by atoms with Crippen molar-refractivity contribution in [1.82, 2.24) is 9.78 Å². The first-order valence-corrected chi connectivity index (χ1v) is 11.7. The zero-order valence-electron chi connectivity index (χ0n) is 17.1. The quantitative estimate of drug-likeness (QED) is 0.578. The highest BCUT2D eigenvalue weighted by atomic mass is 35.5. The smallest absolute Gasteiger partial charge is 0.238 e. The Hall–Kier alpha value is -2.87. The van der Waals surface area contributed by atoms with Crippen LogP contribution in [0.25, 0.3) is 22.5 Å². The van der Waals surface area contributed by atoms with Gasteiger partial charge in [-0.15, -0.1) is 11.6 Å². The van der Waals surface area contributed by atoms with Gasteiger partial charge in [-0.25, -0.2) is 18.2 Å². The Labute approximate surface area is 186 Å². The fraction of sp³-hybridized carbons (Fsp3) is 0.174. The van der Waals surface area contributed by atoms with Gasteiger partial charge in [0, 0.05) is 5.56 Å². The van der Waals surface area contributed by atoms with Crippen LogP contribution in [-0.4, -0.2) is 30.7 Å². The lowest BCUT2D eigenvalue weighted by Gasteiger charge is -2.18. The van der Waals surface area contributed by atoms with Crippen molar-refractivity contribution in [2.75, 3.05) is 7.11 Å². The molecule has 1 aromatic heterocycles. The van der Waals surface area contributed by atoms with Gasteiger partial charge in [-0.3, -0.25) is 0 Å². The number of ether oxygens (including phenoxy) is 1. The van der Waals surface area contributed by atoms with Crippen LogP contribution in [0.15, 0.2) is 77.7 Å². The van der Waals surface area contributed by atoms with Crippen molar-refractivity contribution in [3.05, 3.63) is 78.5 Å². The van der Waals surface area contributed by atoms with E-state index in [1.165, 1.54) is 12.1 Å². The third-order valence-electron chi connectivity index (χ3n) is 5.21. The van der Waals surface area contributed by atoms with Gasteiger partial charge in [-0.2, -0.15) is 5.10 Å². The molecular weight excluding hydrogens is 434 g/mol. The van der Waals surface area contributed by atoms with Crippen LogP contribution in [0, 0.1) is 5.92 Å². The van der Waals surface area contributed by atoms with Crippen LogP contribution in [0.3, 0.4) is 0 Å². The third-order valence-corrected chi connectivity index (χ3v) is 6.68. The van der Waals surface area contributed by atoms with E-state index in [1.807, 2.05) is 42.5 Å². The molecule has 31 heavy (non-hydrogen) atoms. The molecule has 2 atom stereocenters. The van der Waals surface area contributed by atoms with E-state index >= 15 is 0 Å². The molecule has 2 unspecified atom stereocenters. The molecule has 6 nitrogen and oxygen atoms in total. The lowest BCUT2D eigenvalue weighted by molar-refractivity contribution is 0.415. The van der Waals surface area contributed by atoms with Gasteiger partial charge in [-0.1, -0.05) is 25.2 Å².